The molecule has 1 N–H and O–H groups in total. The Hall–Kier alpha value is -2.63. The van der Waals surface area contributed by atoms with Crippen molar-refractivity contribution in [2.45, 2.75) is 32.4 Å². The van der Waals surface area contributed by atoms with Crippen molar-refractivity contribution in [3.8, 4) is 5.75 Å². The topological polar surface area (TPSA) is 67.4 Å². The van der Waals surface area contributed by atoms with Gasteiger partial charge >= 0.3 is 6.03 Å². The second-order valence-corrected chi connectivity index (χ2v) is 6.62. The van der Waals surface area contributed by atoms with Crippen LogP contribution >= 0.6 is 0 Å². The van der Waals surface area contributed by atoms with E-state index in [0.717, 1.165) is 17.7 Å². The van der Waals surface area contributed by atoms with E-state index in [1.165, 1.54) is 0 Å². The van der Waals surface area contributed by atoms with Crippen molar-refractivity contribution in [2.75, 3.05) is 13.1 Å². The minimum atomic E-state index is -0.0483. The summed E-state index contributed by atoms with van der Waals surface area (Å²) in [5.41, 5.74) is 1.07. The van der Waals surface area contributed by atoms with Crippen LogP contribution in [-0.4, -0.2) is 40.1 Å². The van der Waals surface area contributed by atoms with Gasteiger partial charge in [0, 0.05) is 31.6 Å². The molecule has 0 radical (unpaired) electrons. The summed E-state index contributed by atoms with van der Waals surface area (Å²) < 4.78 is 5.90. The first-order chi connectivity index (χ1) is 12.1. The lowest BCUT2D eigenvalue weighted by Crippen LogP contribution is -2.42. The summed E-state index contributed by atoms with van der Waals surface area (Å²) in [4.78, 5) is 22.6. The van der Waals surface area contributed by atoms with Gasteiger partial charge in [-0.2, -0.15) is 0 Å². The molecule has 1 aliphatic heterocycles. The van der Waals surface area contributed by atoms with Gasteiger partial charge in [-0.05, 0) is 35.7 Å². The lowest BCUT2D eigenvalue weighted by Gasteiger charge is -2.26. The average Bonchev–Trinajstić information content (AvgIpc) is 3.09. The molecule has 1 saturated heterocycles. The van der Waals surface area contributed by atoms with Crippen LogP contribution in [0.1, 0.15) is 31.9 Å². The van der Waals surface area contributed by atoms with Crippen molar-refractivity contribution in [1.82, 2.24) is 20.2 Å². The number of likely N-dealkylation sites (tertiary alicyclic amines) is 1. The highest BCUT2D eigenvalue weighted by molar-refractivity contribution is 5.75. The molecular formula is C19H24N4O2. The van der Waals surface area contributed by atoms with E-state index in [9.17, 15) is 4.79 Å². The van der Waals surface area contributed by atoms with Crippen LogP contribution < -0.4 is 10.1 Å². The summed E-state index contributed by atoms with van der Waals surface area (Å²) in [7, 11) is 0. The number of rotatable bonds is 5. The number of pyridine rings is 2. The van der Waals surface area contributed by atoms with E-state index in [-0.39, 0.29) is 24.1 Å². The van der Waals surface area contributed by atoms with Crippen molar-refractivity contribution >= 4 is 6.03 Å². The Balaban J connectivity index is 1.58. The molecule has 3 heterocycles. The van der Waals surface area contributed by atoms with Crippen LogP contribution in [0.25, 0.3) is 0 Å². The minimum absolute atomic E-state index is 0.00775. The molecule has 2 aromatic heterocycles. The number of carbonyl (C=O) groups excluding carboxylic acids is 1. The smallest absolute Gasteiger partial charge is 0.318 e. The van der Waals surface area contributed by atoms with Crippen LogP contribution in [0.3, 0.4) is 0 Å². The standard InChI is InChI=1S/C19H24N4O2/c1-14(2)18(15-5-9-20-10-6-15)22-19(24)23-11-7-17(13-23)25-16-4-3-8-21-12-16/h3-6,8-10,12,14,17-18H,7,11,13H2,1-2H3,(H,22,24). The number of urea groups is 1. The molecule has 2 atom stereocenters. The fourth-order valence-corrected chi connectivity index (χ4v) is 3.05. The zero-order valence-corrected chi connectivity index (χ0v) is 14.6. The molecule has 6 nitrogen and oxygen atoms in total. The van der Waals surface area contributed by atoms with Crippen molar-refractivity contribution < 1.29 is 9.53 Å². The van der Waals surface area contributed by atoms with E-state index in [0.29, 0.717) is 13.1 Å². The van der Waals surface area contributed by atoms with Crippen LogP contribution in [0, 0.1) is 5.92 Å². The number of carbonyl (C=O) groups is 1. The zero-order chi connectivity index (χ0) is 17.6. The molecule has 0 bridgehead atoms. The molecule has 3 rings (SSSR count). The molecule has 132 valence electrons. The molecule has 2 amide bonds. The highest BCUT2D eigenvalue weighted by Crippen LogP contribution is 2.22. The van der Waals surface area contributed by atoms with Gasteiger partial charge in [-0.15, -0.1) is 0 Å². The molecule has 1 aliphatic rings. The normalized spacial score (nSPS) is 18.2. The lowest BCUT2D eigenvalue weighted by atomic mass is 9.97. The van der Waals surface area contributed by atoms with Crippen molar-refractivity contribution in [1.29, 1.82) is 0 Å². The molecule has 6 heteroatoms. The number of amides is 2. The van der Waals surface area contributed by atoms with Crippen molar-refractivity contribution in [3.05, 3.63) is 54.6 Å². The zero-order valence-electron chi connectivity index (χ0n) is 14.6. The molecule has 0 spiro atoms. The third kappa shape index (κ3) is 4.47. The predicted molar refractivity (Wildman–Crippen MR) is 95.2 cm³/mol. The van der Waals surface area contributed by atoms with E-state index in [2.05, 4.69) is 29.1 Å². The third-order valence-corrected chi connectivity index (χ3v) is 4.38. The minimum Gasteiger partial charge on any atom is -0.487 e. The molecule has 2 aromatic rings. The van der Waals surface area contributed by atoms with E-state index < -0.39 is 0 Å². The first-order valence-corrected chi connectivity index (χ1v) is 8.65. The fraction of sp³-hybridized carbons (Fsp3) is 0.421. The van der Waals surface area contributed by atoms with Gasteiger partial charge in [0.15, 0.2) is 0 Å². The third-order valence-electron chi connectivity index (χ3n) is 4.38. The van der Waals surface area contributed by atoms with Crippen LogP contribution in [0.15, 0.2) is 49.1 Å². The summed E-state index contributed by atoms with van der Waals surface area (Å²) in [6, 6.07) is 7.54. The molecule has 0 saturated carbocycles. The number of nitrogens with one attached hydrogen (secondary N) is 1. The lowest BCUT2D eigenvalue weighted by molar-refractivity contribution is 0.181. The van der Waals surface area contributed by atoms with Gasteiger partial charge < -0.3 is 15.0 Å². The van der Waals surface area contributed by atoms with Gasteiger partial charge in [0.2, 0.25) is 0 Å². The van der Waals surface area contributed by atoms with Crippen LogP contribution in [0.4, 0.5) is 4.79 Å². The van der Waals surface area contributed by atoms with Crippen molar-refractivity contribution in [2.24, 2.45) is 5.92 Å². The Morgan fingerprint density at radius 2 is 2.04 bits per heavy atom. The number of ether oxygens (including phenoxy) is 1. The van der Waals surface area contributed by atoms with Gasteiger partial charge in [-0.25, -0.2) is 4.79 Å². The maximum atomic E-state index is 12.7. The summed E-state index contributed by atoms with van der Waals surface area (Å²) in [6.45, 7) is 5.48. The summed E-state index contributed by atoms with van der Waals surface area (Å²) in [5, 5.41) is 3.15. The van der Waals surface area contributed by atoms with Gasteiger partial charge in [0.1, 0.15) is 11.9 Å². The van der Waals surface area contributed by atoms with Crippen LogP contribution in [-0.2, 0) is 0 Å². The van der Waals surface area contributed by atoms with Crippen molar-refractivity contribution in [3.63, 3.8) is 0 Å². The summed E-state index contributed by atoms with van der Waals surface area (Å²) in [5.74, 6) is 1.03. The van der Waals surface area contributed by atoms with Gasteiger partial charge in [0.25, 0.3) is 0 Å². The quantitative estimate of drug-likeness (QED) is 0.908. The predicted octanol–water partition coefficient (Wildman–Crippen LogP) is 3.04. The van der Waals surface area contributed by atoms with E-state index in [4.69, 9.17) is 4.74 Å². The molecule has 2 unspecified atom stereocenters. The molecule has 0 aromatic carbocycles. The Bertz CT molecular complexity index is 678. The molecule has 0 aliphatic carbocycles. The van der Waals surface area contributed by atoms with E-state index in [1.54, 1.807) is 24.8 Å². The fourth-order valence-electron chi connectivity index (χ4n) is 3.05. The maximum absolute atomic E-state index is 12.7. The van der Waals surface area contributed by atoms with Gasteiger partial charge in [-0.3, -0.25) is 9.97 Å². The Morgan fingerprint density at radius 1 is 1.24 bits per heavy atom. The van der Waals surface area contributed by atoms with Crippen LogP contribution in [0.5, 0.6) is 5.75 Å². The summed E-state index contributed by atoms with van der Waals surface area (Å²) in [6.07, 6.45) is 7.75. The number of nitrogens with zero attached hydrogens (tertiary/aromatic N) is 3. The summed E-state index contributed by atoms with van der Waals surface area (Å²) >= 11 is 0. The number of hydrogen-bond acceptors (Lipinski definition) is 4. The molecule has 1 fully saturated rings. The van der Waals surface area contributed by atoms with E-state index >= 15 is 0 Å². The average molecular weight is 340 g/mol. The monoisotopic (exact) mass is 340 g/mol. The largest absolute Gasteiger partial charge is 0.487 e. The number of aromatic nitrogens is 2. The van der Waals surface area contributed by atoms with E-state index in [1.807, 2.05) is 29.2 Å². The Morgan fingerprint density at radius 3 is 2.72 bits per heavy atom. The molecular weight excluding hydrogens is 316 g/mol. The van der Waals surface area contributed by atoms with Crippen LogP contribution in [0.2, 0.25) is 0 Å². The highest BCUT2D eigenvalue weighted by Gasteiger charge is 2.29. The SMILES string of the molecule is CC(C)C(NC(=O)N1CCC(Oc2cccnc2)C1)c1ccncc1. The second-order valence-electron chi connectivity index (χ2n) is 6.62. The molecule has 25 heavy (non-hydrogen) atoms. The van der Waals surface area contributed by atoms with Gasteiger partial charge in [-0.1, -0.05) is 13.8 Å². The highest BCUT2D eigenvalue weighted by atomic mass is 16.5. The first-order valence-electron chi connectivity index (χ1n) is 8.65. The second kappa shape index (κ2) is 7.96. The number of hydrogen-bond donors (Lipinski definition) is 1. The Kier molecular flexibility index (Phi) is 5.48. The van der Waals surface area contributed by atoms with Gasteiger partial charge in [0.05, 0.1) is 18.8 Å². The Labute approximate surface area is 148 Å². The first kappa shape index (κ1) is 17.2. The maximum Gasteiger partial charge on any atom is 0.318 e.